The third-order valence-electron chi connectivity index (χ3n) is 6.11. The fourth-order valence-corrected chi connectivity index (χ4v) is 5.43. The number of nitrogens with zero attached hydrogens (tertiary/aromatic N) is 2. The minimum Gasteiger partial charge on any atom is -0.497 e. The van der Waals surface area contributed by atoms with Crippen LogP contribution in [0.25, 0.3) is 0 Å². The number of rotatable bonds is 12. The molecule has 0 unspecified atom stereocenters. The van der Waals surface area contributed by atoms with Crippen molar-refractivity contribution in [1.29, 1.82) is 0 Å². The van der Waals surface area contributed by atoms with E-state index in [2.05, 4.69) is 5.32 Å². The van der Waals surface area contributed by atoms with Crippen LogP contribution in [0.5, 0.6) is 11.5 Å². The molecule has 3 rings (SSSR count). The third kappa shape index (κ3) is 6.63. The Morgan fingerprint density at radius 2 is 1.42 bits per heavy atom. The van der Waals surface area contributed by atoms with Gasteiger partial charge in [-0.3, -0.25) is 13.9 Å². The number of carbonyl (C=O) groups excluding carboxylic acids is 2. The molecule has 0 radical (unpaired) electrons. The van der Waals surface area contributed by atoms with E-state index in [0.29, 0.717) is 23.6 Å². The summed E-state index contributed by atoms with van der Waals surface area (Å²) in [4.78, 5) is 28.0. The standard InChI is InChI=1S/C28H33N3O6S/c1-5-26(28(33)29-2)30(19-21-11-13-23(36-3)14-12-21)27(32)20-31(22-9-7-6-8-10-22)38(34,35)25-17-15-24(37-4)16-18-25/h6-18,26H,5,19-20H2,1-4H3,(H,29,33)/t26-/m1/s1. The van der Waals surface area contributed by atoms with Crippen LogP contribution in [0.2, 0.25) is 0 Å². The first-order chi connectivity index (χ1) is 18.2. The van der Waals surface area contributed by atoms with E-state index in [1.807, 2.05) is 0 Å². The monoisotopic (exact) mass is 539 g/mol. The van der Waals surface area contributed by atoms with Crippen molar-refractivity contribution in [3.63, 3.8) is 0 Å². The predicted molar refractivity (Wildman–Crippen MR) is 146 cm³/mol. The molecule has 3 aromatic carbocycles. The van der Waals surface area contributed by atoms with Crippen LogP contribution in [0, 0.1) is 0 Å². The maximum absolute atomic E-state index is 13.8. The van der Waals surface area contributed by atoms with Gasteiger partial charge in [-0.05, 0) is 60.5 Å². The van der Waals surface area contributed by atoms with Gasteiger partial charge in [0.25, 0.3) is 10.0 Å². The highest BCUT2D eigenvalue weighted by molar-refractivity contribution is 7.92. The molecule has 1 atom stereocenters. The minimum atomic E-state index is -4.13. The van der Waals surface area contributed by atoms with Crippen LogP contribution in [0.1, 0.15) is 18.9 Å². The molecule has 38 heavy (non-hydrogen) atoms. The van der Waals surface area contributed by atoms with Crippen LogP contribution in [0.3, 0.4) is 0 Å². The van der Waals surface area contributed by atoms with Gasteiger partial charge in [0, 0.05) is 13.6 Å². The molecule has 0 heterocycles. The molecule has 0 fully saturated rings. The van der Waals surface area contributed by atoms with Crippen LogP contribution < -0.4 is 19.1 Å². The van der Waals surface area contributed by atoms with Gasteiger partial charge in [-0.1, -0.05) is 37.3 Å². The molecule has 0 spiro atoms. The average molecular weight is 540 g/mol. The van der Waals surface area contributed by atoms with Crippen molar-refractivity contribution < 1.29 is 27.5 Å². The average Bonchev–Trinajstić information content (AvgIpc) is 2.96. The number of carbonyl (C=O) groups is 2. The molecule has 0 aliphatic heterocycles. The molecule has 0 bridgehead atoms. The number of amides is 2. The zero-order valence-corrected chi connectivity index (χ0v) is 22.8. The SMILES string of the molecule is CC[C@H](C(=O)NC)N(Cc1ccc(OC)cc1)C(=O)CN(c1ccccc1)S(=O)(=O)c1ccc(OC)cc1. The van der Waals surface area contributed by atoms with Gasteiger partial charge in [0.1, 0.15) is 24.1 Å². The Bertz CT molecular complexity index is 1310. The molecule has 0 aromatic heterocycles. The first-order valence-corrected chi connectivity index (χ1v) is 13.5. The lowest BCUT2D eigenvalue weighted by atomic mass is 10.1. The maximum Gasteiger partial charge on any atom is 0.264 e. The molecule has 0 saturated carbocycles. The molecule has 1 N–H and O–H groups in total. The number of methoxy groups -OCH3 is 2. The molecule has 3 aromatic rings. The Morgan fingerprint density at radius 1 is 0.868 bits per heavy atom. The van der Waals surface area contributed by atoms with E-state index < -0.39 is 28.5 Å². The topological polar surface area (TPSA) is 105 Å². The smallest absolute Gasteiger partial charge is 0.264 e. The lowest BCUT2D eigenvalue weighted by molar-refractivity contribution is -0.140. The second-order valence-electron chi connectivity index (χ2n) is 8.43. The van der Waals surface area contributed by atoms with Gasteiger partial charge in [-0.2, -0.15) is 0 Å². The first kappa shape index (κ1) is 28.5. The zero-order chi connectivity index (χ0) is 27.7. The summed E-state index contributed by atoms with van der Waals surface area (Å²) in [5, 5.41) is 2.61. The highest BCUT2D eigenvalue weighted by Crippen LogP contribution is 2.26. The summed E-state index contributed by atoms with van der Waals surface area (Å²) < 4.78 is 39.0. The first-order valence-electron chi connectivity index (χ1n) is 12.1. The molecule has 0 aliphatic carbocycles. The molecule has 9 nitrogen and oxygen atoms in total. The highest BCUT2D eigenvalue weighted by atomic mass is 32.2. The number of hydrogen-bond donors (Lipinski definition) is 1. The third-order valence-corrected chi connectivity index (χ3v) is 7.90. The molecular formula is C28H33N3O6S. The Kier molecular flexibility index (Phi) is 9.72. The fraction of sp³-hybridized carbons (Fsp3) is 0.286. The van der Waals surface area contributed by atoms with Crippen molar-refractivity contribution in [1.82, 2.24) is 10.2 Å². The molecular weight excluding hydrogens is 506 g/mol. The Labute approximate surface area is 224 Å². The molecule has 202 valence electrons. The van der Waals surface area contributed by atoms with Crippen molar-refractivity contribution in [2.45, 2.75) is 30.8 Å². The van der Waals surface area contributed by atoms with Crippen LogP contribution >= 0.6 is 0 Å². The van der Waals surface area contributed by atoms with Crippen LogP contribution in [-0.4, -0.2) is 59.0 Å². The van der Waals surface area contributed by atoms with Crippen LogP contribution in [-0.2, 0) is 26.2 Å². The zero-order valence-electron chi connectivity index (χ0n) is 22.0. The fourth-order valence-electron chi connectivity index (χ4n) is 4.01. The number of benzene rings is 3. The van der Waals surface area contributed by atoms with E-state index in [1.54, 1.807) is 80.8 Å². The number of likely N-dealkylation sites (N-methyl/N-ethyl adjacent to an activating group) is 1. The van der Waals surface area contributed by atoms with E-state index in [9.17, 15) is 18.0 Å². The van der Waals surface area contributed by atoms with E-state index in [0.717, 1.165) is 9.87 Å². The van der Waals surface area contributed by atoms with Crippen molar-refractivity contribution in [2.24, 2.45) is 0 Å². The van der Waals surface area contributed by atoms with Gasteiger partial charge in [0.2, 0.25) is 11.8 Å². The summed E-state index contributed by atoms with van der Waals surface area (Å²) in [6.45, 7) is 1.42. The second-order valence-corrected chi connectivity index (χ2v) is 10.3. The Hall–Kier alpha value is -4.05. The summed E-state index contributed by atoms with van der Waals surface area (Å²) in [5.74, 6) is 0.315. The number of anilines is 1. The second kappa shape index (κ2) is 13.0. The normalized spacial score (nSPS) is 11.8. The number of hydrogen-bond acceptors (Lipinski definition) is 6. The van der Waals surface area contributed by atoms with Gasteiger partial charge < -0.3 is 19.7 Å². The van der Waals surface area contributed by atoms with Crippen LogP contribution in [0.15, 0.2) is 83.8 Å². The summed E-state index contributed by atoms with van der Waals surface area (Å²) >= 11 is 0. The molecule has 10 heteroatoms. The van der Waals surface area contributed by atoms with Crippen molar-refractivity contribution in [3.05, 3.63) is 84.4 Å². The van der Waals surface area contributed by atoms with Crippen molar-refractivity contribution >= 4 is 27.5 Å². The quantitative estimate of drug-likeness (QED) is 0.378. The Morgan fingerprint density at radius 3 is 1.92 bits per heavy atom. The van der Waals surface area contributed by atoms with E-state index in [1.165, 1.54) is 31.2 Å². The van der Waals surface area contributed by atoms with E-state index >= 15 is 0 Å². The van der Waals surface area contributed by atoms with E-state index in [-0.39, 0.29) is 17.3 Å². The number of para-hydroxylation sites is 1. The predicted octanol–water partition coefficient (Wildman–Crippen LogP) is 3.45. The van der Waals surface area contributed by atoms with Crippen LogP contribution in [0.4, 0.5) is 5.69 Å². The molecule has 0 saturated heterocycles. The lowest BCUT2D eigenvalue weighted by Crippen LogP contribution is -2.51. The summed E-state index contributed by atoms with van der Waals surface area (Å²) in [7, 11) is 0.424. The van der Waals surface area contributed by atoms with Crippen molar-refractivity contribution in [3.8, 4) is 11.5 Å². The van der Waals surface area contributed by atoms with Crippen molar-refractivity contribution in [2.75, 3.05) is 32.1 Å². The largest absolute Gasteiger partial charge is 0.497 e. The number of ether oxygens (including phenoxy) is 2. The minimum absolute atomic E-state index is 0.00926. The number of nitrogens with one attached hydrogen (secondary N) is 1. The van der Waals surface area contributed by atoms with Gasteiger partial charge >= 0.3 is 0 Å². The van der Waals surface area contributed by atoms with Gasteiger partial charge in [-0.25, -0.2) is 8.42 Å². The maximum atomic E-state index is 13.8. The van der Waals surface area contributed by atoms with E-state index in [4.69, 9.17) is 9.47 Å². The molecule has 2 amide bonds. The highest BCUT2D eigenvalue weighted by Gasteiger charge is 2.33. The Balaban J connectivity index is 2.01. The summed E-state index contributed by atoms with van der Waals surface area (Å²) in [6, 6.07) is 20.7. The van der Waals surface area contributed by atoms with Gasteiger partial charge in [-0.15, -0.1) is 0 Å². The summed E-state index contributed by atoms with van der Waals surface area (Å²) in [5.41, 5.74) is 1.10. The molecule has 0 aliphatic rings. The summed E-state index contributed by atoms with van der Waals surface area (Å²) in [6.07, 6.45) is 0.345. The van der Waals surface area contributed by atoms with Gasteiger partial charge in [0.05, 0.1) is 24.8 Å². The number of sulfonamides is 1. The van der Waals surface area contributed by atoms with Gasteiger partial charge in [0.15, 0.2) is 0 Å². The lowest BCUT2D eigenvalue weighted by Gasteiger charge is -2.33.